The zero-order chi connectivity index (χ0) is 11.4. The molecular weight excluding hydrogens is 225 g/mol. The number of rotatable bonds is 3. The van der Waals surface area contributed by atoms with E-state index in [1.54, 1.807) is 0 Å². The molecule has 0 fully saturated rings. The maximum absolute atomic E-state index is 12.9. The average Bonchev–Trinajstić information content (AvgIpc) is 2.18. The number of nitro groups is 1. The van der Waals surface area contributed by atoms with Crippen molar-refractivity contribution >= 4 is 28.6 Å². The third-order valence-electron chi connectivity index (χ3n) is 1.63. The fraction of sp³-hybridized carbons (Fsp3) is 0. The summed E-state index contributed by atoms with van der Waals surface area (Å²) in [6.45, 7) is 0. The molecular formula is C9H5ClFNO3. The number of nitrogens with zero attached hydrogens (tertiary/aromatic N) is 1. The molecule has 0 unspecified atom stereocenters. The van der Waals surface area contributed by atoms with E-state index in [4.69, 9.17) is 11.6 Å². The maximum atomic E-state index is 12.9. The predicted molar refractivity (Wildman–Crippen MR) is 52.9 cm³/mol. The number of allylic oxidation sites excluding steroid dienone is 1. The van der Waals surface area contributed by atoms with Crippen LogP contribution in [0.3, 0.4) is 0 Å². The van der Waals surface area contributed by atoms with Gasteiger partial charge in [0.2, 0.25) is 5.82 Å². The summed E-state index contributed by atoms with van der Waals surface area (Å²) in [7, 11) is 0. The highest BCUT2D eigenvalue weighted by atomic mass is 35.5. The lowest BCUT2D eigenvalue weighted by Crippen LogP contribution is -1.93. The van der Waals surface area contributed by atoms with Crippen molar-refractivity contribution in [1.29, 1.82) is 0 Å². The van der Waals surface area contributed by atoms with Gasteiger partial charge in [0.25, 0.3) is 0 Å². The van der Waals surface area contributed by atoms with Crippen molar-refractivity contribution in [3.8, 4) is 0 Å². The lowest BCUT2D eigenvalue weighted by Gasteiger charge is -1.98. The quantitative estimate of drug-likeness (QED) is 0.346. The highest BCUT2D eigenvalue weighted by molar-refractivity contribution is 6.49. The van der Waals surface area contributed by atoms with Gasteiger partial charge < -0.3 is 0 Å². The van der Waals surface area contributed by atoms with Crippen molar-refractivity contribution < 1.29 is 14.1 Å². The Morgan fingerprint density at radius 2 is 2.20 bits per heavy atom. The zero-order valence-corrected chi connectivity index (χ0v) is 8.07. The van der Waals surface area contributed by atoms with Crippen LogP contribution in [-0.4, -0.2) is 11.2 Å². The Kier molecular flexibility index (Phi) is 3.51. The number of hydrogen-bond acceptors (Lipinski definition) is 3. The highest BCUT2D eigenvalue weighted by Gasteiger charge is 2.14. The third kappa shape index (κ3) is 2.60. The molecule has 0 N–H and O–H groups in total. The van der Waals surface area contributed by atoms with Crippen LogP contribution < -0.4 is 0 Å². The van der Waals surface area contributed by atoms with Gasteiger partial charge >= 0.3 is 5.69 Å². The predicted octanol–water partition coefficient (Wildman–Crippen LogP) is 2.51. The summed E-state index contributed by atoms with van der Waals surface area (Å²) in [5.41, 5.74) is -0.457. The second kappa shape index (κ2) is 4.65. The first-order chi connectivity index (χ1) is 7.06. The van der Waals surface area contributed by atoms with Crippen molar-refractivity contribution in [2.24, 2.45) is 0 Å². The molecule has 0 aromatic heterocycles. The molecule has 0 aliphatic carbocycles. The summed E-state index contributed by atoms with van der Waals surface area (Å²) in [6.07, 6.45) is 1.47. The molecule has 1 aromatic rings. The monoisotopic (exact) mass is 229 g/mol. The Bertz CT molecular complexity index is 445. The fourth-order valence-corrected chi connectivity index (χ4v) is 1.13. The third-order valence-corrected chi connectivity index (χ3v) is 1.98. The SMILES string of the molecule is O=C/C=C(\Cl)c1ccc(F)c([N+](=O)[O-])c1. The molecule has 0 bridgehead atoms. The van der Waals surface area contributed by atoms with Gasteiger partial charge in [-0.05, 0) is 12.1 Å². The first-order valence-corrected chi connectivity index (χ1v) is 4.19. The number of carbonyl (C=O) groups is 1. The first kappa shape index (κ1) is 11.3. The van der Waals surface area contributed by atoms with Gasteiger partial charge in [0.15, 0.2) is 0 Å². The normalized spacial score (nSPS) is 11.2. The van der Waals surface area contributed by atoms with Crippen LogP contribution in [0, 0.1) is 15.9 Å². The summed E-state index contributed by atoms with van der Waals surface area (Å²) < 4.78 is 12.9. The average molecular weight is 230 g/mol. The molecule has 0 atom stereocenters. The van der Waals surface area contributed by atoms with Crippen LogP contribution in [0.15, 0.2) is 24.3 Å². The topological polar surface area (TPSA) is 60.2 Å². The van der Waals surface area contributed by atoms with Crippen LogP contribution in [-0.2, 0) is 4.79 Å². The molecule has 78 valence electrons. The minimum Gasteiger partial charge on any atom is -0.299 e. The molecule has 1 rings (SSSR count). The smallest absolute Gasteiger partial charge is 0.299 e. The molecule has 4 nitrogen and oxygen atoms in total. The van der Waals surface area contributed by atoms with E-state index in [2.05, 4.69) is 0 Å². The van der Waals surface area contributed by atoms with Gasteiger partial charge in [0.05, 0.1) is 9.96 Å². The minimum absolute atomic E-state index is 0.0214. The molecule has 15 heavy (non-hydrogen) atoms. The van der Waals surface area contributed by atoms with Gasteiger partial charge in [-0.25, -0.2) is 0 Å². The van der Waals surface area contributed by atoms with E-state index in [1.165, 1.54) is 6.07 Å². The van der Waals surface area contributed by atoms with Crippen molar-refractivity contribution in [2.45, 2.75) is 0 Å². The second-order valence-electron chi connectivity index (χ2n) is 2.57. The van der Waals surface area contributed by atoms with Crippen molar-refractivity contribution in [2.75, 3.05) is 0 Å². The summed E-state index contributed by atoms with van der Waals surface area (Å²) in [6, 6.07) is 3.15. The van der Waals surface area contributed by atoms with Crippen LogP contribution in [0.5, 0.6) is 0 Å². The number of halogens is 2. The molecule has 0 amide bonds. The number of carbonyl (C=O) groups excluding carboxylic acids is 1. The van der Waals surface area contributed by atoms with Gasteiger partial charge in [-0.1, -0.05) is 17.7 Å². The largest absolute Gasteiger partial charge is 0.305 e. The van der Waals surface area contributed by atoms with Gasteiger partial charge in [-0.3, -0.25) is 14.9 Å². The van der Waals surface area contributed by atoms with Gasteiger partial charge in [-0.2, -0.15) is 4.39 Å². The molecule has 0 aliphatic rings. The van der Waals surface area contributed by atoms with E-state index in [0.29, 0.717) is 6.29 Å². The number of nitro benzene ring substituents is 1. The van der Waals surface area contributed by atoms with Gasteiger partial charge in [0, 0.05) is 11.6 Å². The van der Waals surface area contributed by atoms with Crippen molar-refractivity contribution in [3.05, 3.63) is 45.8 Å². The second-order valence-corrected chi connectivity index (χ2v) is 2.98. The van der Waals surface area contributed by atoms with Gasteiger partial charge in [0.1, 0.15) is 6.29 Å². The van der Waals surface area contributed by atoms with Crippen LogP contribution in [0.1, 0.15) is 5.56 Å². The number of benzene rings is 1. The highest BCUT2D eigenvalue weighted by Crippen LogP contribution is 2.25. The molecule has 0 spiro atoms. The Labute approximate surface area is 89.1 Å². The Morgan fingerprint density at radius 1 is 1.53 bits per heavy atom. The van der Waals surface area contributed by atoms with E-state index < -0.39 is 16.4 Å². The Hall–Kier alpha value is -1.75. The number of hydrogen-bond donors (Lipinski definition) is 0. The van der Waals surface area contributed by atoms with Crippen molar-refractivity contribution in [1.82, 2.24) is 0 Å². The maximum Gasteiger partial charge on any atom is 0.305 e. The van der Waals surface area contributed by atoms with E-state index in [1.807, 2.05) is 0 Å². The molecule has 6 heteroatoms. The fourth-order valence-electron chi connectivity index (χ4n) is 0.957. The van der Waals surface area contributed by atoms with Crippen LogP contribution in [0.4, 0.5) is 10.1 Å². The van der Waals surface area contributed by atoms with Crippen LogP contribution in [0.2, 0.25) is 0 Å². The summed E-state index contributed by atoms with van der Waals surface area (Å²) in [5.74, 6) is -0.945. The molecule has 0 saturated carbocycles. The standard InChI is InChI=1S/C9H5ClFNO3/c10-7(3-4-13)6-1-2-8(11)9(5-6)12(14)15/h1-5H/b7-3-. The van der Waals surface area contributed by atoms with E-state index in [0.717, 1.165) is 18.2 Å². The van der Waals surface area contributed by atoms with E-state index >= 15 is 0 Å². The summed E-state index contributed by atoms with van der Waals surface area (Å²) in [4.78, 5) is 19.6. The number of aldehydes is 1. The Balaban J connectivity index is 3.24. The molecule has 1 aromatic carbocycles. The van der Waals surface area contributed by atoms with Crippen LogP contribution in [0.25, 0.3) is 5.03 Å². The lowest BCUT2D eigenvalue weighted by molar-refractivity contribution is -0.387. The summed E-state index contributed by atoms with van der Waals surface area (Å²) >= 11 is 5.62. The molecule has 0 aliphatic heterocycles. The molecule has 0 heterocycles. The van der Waals surface area contributed by atoms with Crippen molar-refractivity contribution in [3.63, 3.8) is 0 Å². The Morgan fingerprint density at radius 3 is 2.73 bits per heavy atom. The minimum atomic E-state index is -0.945. The van der Waals surface area contributed by atoms with E-state index in [-0.39, 0.29) is 10.6 Å². The summed E-state index contributed by atoms with van der Waals surface area (Å²) in [5, 5.41) is 10.4. The van der Waals surface area contributed by atoms with E-state index in [9.17, 15) is 19.3 Å². The lowest BCUT2D eigenvalue weighted by atomic mass is 10.2. The zero-order valence-electron chi connectivity index (χ0n) is 7.31. The van der Waals surface area contributed by atoms with Gasteiger partial charge in [-0.15, -0.1) is 0 Å². The molecule has 0 saturated heterocycles. The van der Waals surface area contributed by atoms with Crippen LogP contribution >= 0.6 is 11.6 Å². The first-order valence-electron chi connectivity index (χ1n) is 3.81. The molecule has 0 radical (unpaired) electrons.